The number of likely N-dealkylation sites (tertiary alicyclic amines) is 1. The number of hydrogen-bond acceptors (Lipinski definition) is 5. The number of carbonyl (C=O) groups is 2. The van der Waals surface area contributed by atoms with E-state index in [0.29, 0.717) is 24.8 Å². The smallest absolute Gasteiger partial charge is 0.309 e. The molecule has 6 nitrogen and oxygen atoms in total. The van der Waals surface area contributed by atoms with Gasteiger partial charge in [0.1, 0.15) is 0 Å². The van der Waals surface area contributed by atoms with Gasteiger partial charge in [0, 0.05) is 31.9 Å². The summed E-state index contributed by atoms with van der Waals surface area (Å²) in [4.78, 5) is 27.7. The third kappa shape index (κ3) is 3.01. The maximum atomic E-state index is 10.8. The second-order valence-electron chi connectivity index (χ2n) is 4.05. The van der Waals surface area contributed by atoms with E-state index in [1.54, 1.807) is 0 Å². The van der Waals surface area contributed by atoms with Crippen LogP contribution in [0.1, 0.15) is 12.6 Å². The molecule has 1 fully saturated rings. The van der Waals surface area contributed by atoms with Crippen LogP contribution in [0.3, 0.4) is 0 Å². The van der Waals surface area contributed by atoms with Crippen LogP contribution in [0.5, 0.6) is 0 Å². The predicted molar refractivity (Wildman–Crippen MR) is 62.8 cm³/mol. The second kappa shape index (κ2) is 4.80. The summed E-state index contributed by atoms with van der Waals surface area (Å²) in [7, 11) is 0. The van der Waals surface area contributed by atoms with Crippen molar-refractivity contribution < 1.29 is 14.7 Å². The van der Waals surface area contributed by atoms with Gasteiger partial charge < -0.3 is 10.4 Å². The zero-order chi connectivity index (χ0) is 12.4. The number of hydrogen-bond donors (Lipinski definition) is 2. The van der Waals surface area contributed by atoms with E-state index in [4.69, 9.17) is 5.11 Å². The first kappa shape index (κ1) is 12.0. The molecule has 1 amide bonds. The van der Waals surface area contributed by atoms with Crippen LogP contribution >= 0.6 is 11.3 Å². The minimum atomic E-state index is -0.738. The number of nitrogens with zero attached hydrogens (tertiary/aromatic N) is 2. The third-order valence-corrected chi connectivity index (χ3v) is 3.33. The molecule has 1 aliphatic rings. The monoisotopic (exact) mass is 255 g/mol. The van der Waals surface area contributed by atoms with Crippen LogP contribution in [0.2, 0.25) is 0 Å². The van der Waals surface area contributed by atoms with Crippen molar-refractivity contribution in [3.8, 4) is 0 Å². The first-order valence-electron chi connectivity index (χ1n) is 5.21. The van der Waals surface area contributed by atoms with E-state index in [1.165, 1.54) is 18.3 Å². The van der Waals surface area contributed by atoms with Gasteiger partial charge in [-0.05, 0) is 0 Å². The van der Waals surface area contributed by atoms with Crippen molar-refractivity contribution in [2.45, 2.75) is 13.5 Å². The number of amides is 1. The van der Waals surface area contributed by atoms with Crippen LogP contribution in [0.4, 0.5) is 5.13 Å². The molecule has 0 aliphatic carbocycles. The van der Waals surface area contributed by atoms with E-state index in [0.717, 1.165) is 5.69 Å². The number of thiazole rings is 1. The van der Waals surface area contributed by atoms with Gasteiger partial charge in [0.15, 0.2) is 5.13 Å². The van der Waals surface area contributed by atoms with Crippen molar-refractivity contribution >= 4 is 28.3 Å². The maximum Gasteiger partial charge on any atom is 0.309 e. The molecule has 1 saturated heterocycles. The van der Waals surface area contributed by atoms with E-state index in [2.05, 4.69) is 10.3 Å². The molecule has 1 aromatic rings. The van der Waals surface area contributed by atoms with Gasteiger partial charge in [-0.2, -0.15) is 0 Å². The second-order valence-corrected chi connectivity index (χ2v) is 4.91. The summed E-state index contributed by atoms with van der Waals surface area (Å²) in [6.07, 6.45) is 0. The number of carbonyl (C=O) groups excluding carboxylic acids is 1. The first-order chi connectivity index (χ1) is 8.04. The lowest BCUT2D eigenvalue weighted by Crippen LogP contribution is -2.49. The number of carboxylic acid groups (broad SMARTS) is 1. The first-order valence-corrected chi connectivity index (χ1v) is 6.09. The van der Waals surface area contributed by atoms with Crippen molar-refractivity contribution in [1.82, 2.24) is 9.88 Å². The van der Waals surface area contributed by atoms with Crippen LogP contribution in [-0.2, 0) is 16.1 Å². The van der Waals surface area contributed by atoms with E-state index < -0.39 is 5.97 Å². The Morgan fingerprint density at radius 1 is 1.65 bits per heavy atom. The molecule has 0 unspecified atom stereocenters. The van der Waals surface area contributed by atoms with Gasteiger partial charge in [-0.15, -0.1) is 11.3 Å². The molecular weight excluding hydrogens is 242 g/mol. The average molecular weight is 255 g/mol. The Morgan fingerprint density at radius 2 is 2.35 bits per heavy atom. The Bertz CT molecular complexity index is 440. The summed E-state index contributed by atoms with van der Waals surface area (Å²) in [5, 5.41) is 13.8. The van der Waals surface area contributed by atoms with E-state index >= 15 is 0 Å². The fourth-order valence-corrected chi connectivity index (χ4v) is 2.42. The molecule has 2 rings (SSSR count). The lowest BCUT2D eigenvalue weighted by Gasteiger charge is -2.35. The number of anilines is 1. The Balaban J connectivity index is 1.82. The summed E-state index contributed by atoms with van der Waals surface area (Å²) in [6, 6.07) is 0. The summed E-state index contributed by atoms with van der Waals surface area (Å²) >= 11 is 1.38. The summed E-state index contributed by atoms with van der Waals surface area (Å²) < 4.78 is 0. The minimum absolute atomic E-state index is 0.138. The lowest BCUT2D eigenvalue weighted by atomic mass is 10.0. The molecule has 0 radical (unpaired) electrons. The molecule has 0 aromatic carbocycles. The maximum absolute atomic E-state index is 10.8. The molecule has 0 atom stereocenters. The molecule has 2 N–H and O–H groups in total. The van der Waals surface area contributed by atoms with Gasteiger partial charge in [-0.25, -0.2) is 4.98 Å². The fourth-order valence-electron chi connectivity index (χ4n) is 1.67. The number of rotatable bonds is 4. The highest BCUT2D eigenvalue weighted by molar-refractivity contribution is 7.13. The number of aromatic nitrogens is 1. The summed E-state index contributed by atoms with van der Waals surface area (Å²) in [6.45, 7) is 3.22. The van der Waals surface area contributed by atoms with Gasteiger partial charge in [0.2, 0.25) is 5.91 Å². The molecule has 1 aliphatic heterocycles. The Morgan fingerprint density at radius 3 is 2.94 bits per heavy atom. The van der Waals surface area contributed by atoms with E-state index in [9.17, 15) is 9.59 Å². The molecular formula is C10H13N3O3S. The molecule has 7 heteroatoms. The zero-order valence-electron chi connectivity index (χ0n) is 9.34. The number of carboxylic acids is 1. The molecule has 0 saturated carbocycles. The van der Waals surface area contributed by atoms with Crippen LogP contribution in [0.15, 0.2) is 5.38 Å². The Kier molecular flexibility index (Phi) is 3.39. The van der Waals surface area contributed by atoms with Crippen LogP contribution in [0.25, 0.3) is 0 Å². The third-order valence-electron chi connectivity index (χ3n) is 2.53. The highest BCUT2D eigenvalue weighted by atomic mass is 32.1. The van der Waals surface area contributed by atoms with Crippen molar-refractivity contribution in [2.24, 2.45) is 5.92 Å². The normalized spacial score (nSPS) is 16.5. The molecule has 0 spiro atoms. The summed E-state index contributed by atoms with van der Waals surface area (Å²) in [5.74, 6) is -1.12. The fraction of sp³-hybridized carbons (Fsp3) is 0.500. The Labute approximate surface area is 102 Å². The van der Waals surface area contributed by atoms with Crippen molar-refractivity contribution in [3.63, 3.8) is 0 Å². The largest absolute Gasteiger partial charge is 0.481 e. The Hall–Kier alpha value is -1.47. The van der Waals surface area contributed by atoms with Gasteiger partial charge in [0.05, 0.1) is 11.6 Å². The molecule has 1 aromatic heterocycles. The van der Waals surface area contributed by atoms with Crippen LogP contribution in [0, 0.1) is 5.92 Å². The standard InChI is InChI=1S/C10H13N3O3S/c1-6(14)11-10-12-8(5-17-10)4-13-2-7(3-13)9(15)16/h5,7H,2-4H2,1H3,(H,15,16)(H,11,12,14). The van der Waals surface area contributed by atoms with Crippen molar-refractivity contribution in [2.75, 3.05) is 18.4 Å². The van der Waals surface area contributed by atoms with E-state index in [1.807, 2.05) is 10.3 Å². The molecule has 17 heavy (non-hydrogen) atoms. The summed E-state index contributed by atoms with van der Waals surface area (Å²) in [5.41, 5.74) is 0.864. The quantitative estimate of drug-likeness (QED) is 0.824. The molecule has 0 bridgehead atoms. The van der Waals surface area contributed by atoms with Gasteiger partial charge >= 0.3 is 5.97 Å². The molecule has 92 valence electrons. The average Bonchev–Trinajstić information content (AvgIpc) is 2.56. The number of aliphatic carboxylic acids is 1. The van der Waals surface area contributed by atoms with Gasteiger partial charge in [-0.3, -0.25) is 14.5 Å². The van der Waals surface area contributed by atoms with Crippen molar-refractivity contribution in [1.29, 1.82) is 0 Å². The lowest BCUT2D eigenvalue weighted by molar-refractivity contribution is -0.147. The molecule has 2 heterocycles. The SMILES string of the molecule is CC(=O)Nc1nc(CN2CC(C(=O)O)C2)cs1. The highest BCUT2D eigenvalue weighted by Crippen LogP contribution is 2.21. The van der Waals surface area contributed by atoms with E-state index in [-0.39, 0.29) is 11.8 Å². The van der Waals surface area contributed by atoms with Crippen LogP contribution < -0.4 is 5.32 Å². The van der Waals surface area contributed by atoms with Gasteiger partial charge in [0.25, 0.3) is 0 Å². The van der Waals surface area contributed by atoms with Crippen LogP contribution in [-0.4, -0.2) is 40.0 Å². The topological polar surface area (TPSA) is 82.5 Å². The zero-order valence-corrected chi connectivity index (χ0v) is 10.2. The predicted octanol–water partition coefficient (Wildman–Crippen LogP) is 0.618. The van der Waals surface area contributed by atoms with Crippen molar-refractivity contribution in [3.05, 3.63) is 11.1 Å². The highest BCUT2D eigenvalue weighted by Gasteiger charge is 2.32. The van der Waals surface area contributed by atoms with Gasteiger partial charge in [-0.1, -0.05) is 0 Å². The minimum Gasteiger partial charge on any atom is -0.481 e. The number of nitrogens with one attached hydrogen (secondary N) is 1.